The summed E-state index contributed by atoms with van der Waals surface area (Å²) in [6, 6.07) is 0. The molecule has 0 atom stereocenters. The molecule has 1 nitrogen and oxygen atoms in total. The molecule has 0 bridgehead atoms. The molecule has 0 aromatic rings. The van der Waals surface area contributed by atoms with E-state index < -0.39 is 0 Å². The zero-order chi connectivity index (χ0) is 3.58. The first-order valence-electron chi connectivity index (χ1n) is 0.911. The summed E-state index contributed by atoms with van der Waals surface area (Å²) < 4.78 is 0. The fourth-order valence-corrected chi connectivity index (χ4v) is 0. The van der Waals surface area contributed by atoms with Gasteiger partial charge in [0, 0.05) is 0 Å². The first-order chi connectivity index (χ1) is 1.73. The van der Waals surface area contributed by atoms with Gasteiger partial charge in [-0.1, -0.05) is 0 Å². The van der Waals surface area contributed by atoms with Crippen molar-refractivity contribution in [3.8, 4) is 0 Å². The van der Waals surface area contributed by atoms with Crippen LogP contribution in [0.3, 0.4) is 0 Å². The minimum absolute atomic E-state index is 0.333. The van der Waals surface area contributed by atoms with Gasteiger partial charge in [-0.15, -0.1) is 12.3 Å². The van der Waals surface area contributed by atoms with Crippen molar-refractivity contribution in [3.05, 3.63) is 19.3 Å². The number of hydrogen-bond donors (Lipinski definition) is 0. The Bertz CT molecular complexity index is 26.3. The number of rotatable bonds is 0. The summed E-state index contributed by atoms with van der Waals surface area (Å²) in [5.74, 6) is -0.333. The topological polar surface area (TPSA) is 23.1 Å². The molecular weight excluding hydrogens is 52.0 g/mol. The molecule has 0 spiro atoms. The summed E-state index contributed by atoms with van der Waals surface area (Å²) >= 11 is 0. The molecular formula is C3H4O-. The highest BCUT2D eigenvalue weighted by molar-refractivity contribution is 4.77. The van der Waals surface area contributed by atoms with Crippen LogP contribution in [-0.2, 0) is 0 Å². The Morgan fingerprint density at radius 3 is 1.75 bits per heavy atom. The molecule has 0 aliphatic heterocycles. The quantitative estimate of drug-likeness (QED) is 0.349. The smallest absolute Gasteiger partial charge is 0.0401 e. The largest absolute Gasteiger partial charge is 0.876 e. The molecule has 0 aromatic carbocycles. The molecule has 4 heavy (non-hydrogen) atoms. The minimum Gasteiger partial charge on any atom is -0.876 e. The van der Waals surface area contributed by atoms with E-state index in [4.69, 9.17) is 0 Å². The van der Waals surface area contributed by atoms with Gasteiger partial charge in [-0.05, 0) is 6.92 Å². The van der Waals surface area contributed by atoms with Gasteiger partial charge in [0.1, 0.15) is 0 Å². The van der Waals surface area contributed by atoms with Gasteiger partial charge in [0.15, 0.2) is 0 Å². The molecule has 0 N–H and O–H groups in total. The van der Waals surface area contributed by atoms with Gasteiger partial charge in [0.2, 0.25) is 0 Å². The maximum atomic E-state index is 9.22. The van der Waals surface area contributed by atoms with Gasteiger partial charge in [-0.2, -0.15) is 0 Å². The first kappa shape index (κ1) is 3.54. The van der Waals surface area contributed by atoms with E-state index in [0.717, 1.165) is 0 Å². The van der Waals surface area contributed by atoms with Gasteiger partial charge in [0.05, 0.1) is 0 Å². The van der Waals surface area contributed by atoms with Crippen LogP contribution in [0.1, 0.15) is 0 Å². The average Bonchev–Trinajstić information content (AvgIpc) is 0.811. The molecule has 0 saturated carbocycles. The molecule has 0 unspecified atom stereocenters. The van der Waals surface area contributed by atoms with E-state index in [-0.39, 0.29) is 5.76 Å². The minimum atomic E-state index is -0.333. The molecule has 0 fully saturated rings. The zero-order valence-corrected chi connectivity index (χ0v) is 2.32. The van der Waals surface area contributed by atoms with E-state index in [1.165, 1.54) is 0 Å². The van der Waals surface area contributed by atoms with Crippen molar-refractivity contribution >= 4 is 0 Å². The lowest BCUT2D eigenvalue weighted by atomic mass is 10.7. The SMILES string of the molecule is [CH2]C(=C)[O-]. The second-order valence-corrected chi connectivity index (χ2v) is 0.539. The Kier molecular flexibility index (Phi) is 0.826. The monoisotopic (exact) mass is 56.0 g/mol. The van der Waals surface area contributed by atoms with Crippen molar-refractivity contribution in [2.24, 2.45) is 0 Å². The predicted molar refractivity (Wildman–Crippen MR) is 14.5 cm³/mol. The average molecular weight is 56.1 g/mol. The van der Waals surface area contributed by atoms with Crippen molar-refractivity contribution in [2.45, 2.75) is 0 Å². The summed E-state index contributed by atoms with van der Waals surface area (Å²) in [7, 11) is 0. The Balaban J connectivity index is 2.80. The summed E-state index contributed by atoms with van der Waals surface area (Å²) in [6.07, 6.45) is 0. The number of hydrogen-bond acceptors (Lipinski definition) is 1. The number of allylic oxidation sites excluding steroid dienone is 1. The third-order valence-electron chi connectivity index (χ3n) is 0. The third kappa shape index (κ3) is 2.12. The normalized spacial score (nSPS) is 6.25. The third-order valence-corrected chi connectivity index (χ3v) is 0. The van der Waals surface area contributed by atoms with Gasteiger partial charge in [-0.3, -0.25) is 0 Å². The first-order valence-corrected chi connectivity index (χ1v) is 0.911. The van der Waals surface area contributed by atoms with E-state index in [0.29, 0.717) is 0 Å². The maximum Gasteiger partial charge on any atom is -0.0401 e. The van der Waals surface area contributed by atoms with Crippen molar-refractivity contribution in [3.63, 3.8) is 0 Å². The van der Waals surface area contributed by atoms with Crippen LogP contribution in [0.25, 0.3) is 0 Å². The van der Waals surface area contributed by atoms with Crippen LogP contribution in [0.15, 0.2) is 12.3 Å². The van der Waals surface area contributed by atoms with Gasteiger partial charge in [0.25, 0.3) is 0 Å². The van der Waals surface area contributed by atoms with Crippen LogP contribution in [0.5, 0.6) is 0 Å². The van der Waals surface area contributed by atoms with Gasteiger partial charge < -0.3 is 5.11 Å². The summed E-state index contributed by atoms with van der Waals surface area (Å²) in [6.45, 7) is 5.78. The fraction of sp³-hybridized carbons (Fsp3) is 0. The Morgan fingerprint density at radius 1 is 1.75 bits per heavy atom. The van der Waals surface area contributed by atoms with Gasteiger partial charge >= 0.3 is 0 Å². The van der Waals surface area contributed by atoms with E-state index in [9.17, 15) is 5.11 Å². The Morgan fingerprint density at radius 2 is 1.75 bits per heavy atom. The van der Waals surface area contributed by atoms with E-state index in [1.54, 1.807) is 0 Å². The molecule has 1 heteroatoms. The molecule has 0 aromatic heterocycles. The van der Waals surface area contributed by atoms with Crippen molar-refractivity contribution in [1.82, 2.24) is 0 Å². The van der Waals surface area contributed by atoms with Crippen LogP contribution < -0.4 is 5.11 Å². The van der Waals surface area contributed by atoms with Crippen molar-refractivity contribution < 1.29 is 5.11 Å². The molecule has 0 heterocycles. The molecule has 23 valence electrons. The molecule has 0 rings (SSSR count). The summed E-state index contributed by atoms with van der Waals surface area (Å²) in [4.78, 5) is 0. The Hall–Kier alpha value is -0.460. The molecule has 0 amide bonds. The van der Waals surface area contributed by atoms with E-state index in [1.807, 2.05) is 0 Å². The summed E-state index contributed by atoms with van der Waals surface area (Å²) in [5.41, 5.74) is 0. The maximum absolute atomic E-state index is 9.22. The van der Waals surface area contributed by atoms with Crippen molar-refractivity contribution in [1.29, 1.82) is 0 Å². The molecule has 0 aliphatic rings. The highest BCUT2D eigenvalue weighted by Gasteiger charge is 1.36. The van der Waals surface area contributed by atoms with Gasteiger partial charge in [-0.25, -0.2) is 0 Å². The second kappa shape index (κ2) is 0.934. The standard InChI is InChI=1S/C3H5O/c1-3(2)4/h4H,1-2H2/p-1. The second-order valence-electron chi connectivity index (χ2n) is 0.539. The highest BCUT2D eigenvalue weighted by Crippen LogP contribution is 1.56. The zero-order valence-electron chi connectivity index (χ0n) is 2.32. The van der Waals surface area contributed by atoms with E-state index in [2.05, 4.69) is 13.5 Å². The lowest BCUT2D eigenvalue weighted by Crippen LogP contribution is -1.93. The molecule has 1 radical (unpaired) electrons. The van der Waals surface area contributed by atoms with Crippen LogP contribution in [0.2, 0.25) is 0 Å². The fourth-order valence-electron chi connectivity index (χ4n) is 0. The van der Waals surface area contributed by atoms with E-state index >= 15 is 0 Å². The molecule has 0 aliphatic carbocycles. The predicted octanol–water partition coefficient (Wildman–Crippen LogP) is -0.306. The highest BCUT2D eigenvalue weighted by atomic mass is 16.3. The van der Waals surface area contributed by atoms with Crippen LogP contribution in [0, 0.1) is 6.92 Å². The lowest BCUT2D eigenvalue weighted by Gasteiger charge is -1.91. The molecule has 0 saturated heterocycles. The lowest BCUT2D eigenvalue weighted by molar-refractivity contribution is -0.294. The van der Waals surface area contributed by atoms with Crippen LogP contribution in [0.4, 0.5) is 0 Å². The van der Waals surface area contributed by atoms with Crippen molar-refractivity contribution in [2.75, 3.05) is 0 Å². The van der Waals surface area contributed by atoms with Crippen LogP contribution in [-0.4, -0.2) is 0 Å². The Labute approximate surface area is 25.6 Å². The van der Waals surface area contributed by atoms with Crippen LogP contribution >= 0.6 is 0 Å². The summed E-state index contributed by atoms with van der Waals surface area (Å²) in [5, 5.41) is 9.22.